The molecule has 0 saturated carbocycles. The lowest BCUT2D eigenvalue weighted by Crippen LogP contribution is -2.25. The van der Waals surface area contributed by atoms with Gasteiger partial charge in [-0.1, -0.05) is 27.7 Å². The van der Waals surface area contributed by atoms with Crippen LogP contribution in [0, 0.1) is 0 Å². The molecule has 0 aliphatic rings. The molecule has 4 heteroatoms. The quantitative estimate of drug-likeness (QED) is 0.640. The standard InChI is InChI=1S/C7H17NO.C6H15NO/c1-3-8(4-2)6-5-7-9;1-3-7(4-2)5-6-8/h9H,3-7H2,1-2H3;8H,3-6H2,1-2H3. The van der Waals surface area contributed by atoms with Crippen LogP contribution in [0.4, 0.5) is 0 Å². The Balaban J connectivity index is 0. The molecule has 17 heavy (non-hydrogen) atoms. The highest BCUT2D eigenvalue weighted by atomic mass is 16.3. The van der Waals surface area contributed by atoms with Crippen LogP contribution in [-0.2, 0) is 0 Å². The maximum atomic E-state index is 8.48. The molecule has 0 radical (unpaired) electrons. The van der Waals surface area contributed by atoms with Crippen molar-refractivity contribution in [3.8, 4) is 0 Å². The zero-order chi connectivity index (χ0) is 13.5. The van der Waals surface area contributed by atoms with Crippen LogP contribution in [0.3, 0.4) is 0 Å². The molecule has 0 aromatic heterocycles. The van der Waals surface area contributed by atoms with Crippen LogP contribution in [0.25, 0.3) is 0 Å². The number of aliphatic hydroxyl groups is 2. The van der Waals surface area contributed by atoms with Crippen molar-refractivity contribution in [2.45, 2.75) is 34.1 Å². The topological polar surface area (TPSA) is 46.9 Å². The van der Waals surface area contributed by atoms with Gasteiger partial charge in [0.15, 0.2) is 0 Å². The van der Waals surface area contributed by atoms with Crippen molar-refractivity contribution in [3.05, 3.63) is 0 Å². The van der Waals surface area contributed by atoms with Gasteiger partial charge in [-0.15, -0.1) is 0 Å². The van der Waals surface area contributed by atoms with Crippen LogP contribution in [0.2, 0.25) is 0 Å². The lowest BCUT2D eigenvalue weighted by molar-refractivity contribution is 0.208. The number of rotatable bonds is 9. The fraction of sp³-hybridized carbons (Fsp3) is 1.00. The van der Waals surface area contributed by atoms with Gasteiger partial charge in [0.2, 0.25) is 0 Å². The van der Waals surface area contributed by atoms with Gasteiger partial charge in [-0.3, -0.25) is 0 Å². The molecule has 0 fully saturated rings. The normalized spacial score (nSPS) is 10.6. The number of aliphatic hydroxyl groups excluding tert-OH is 2. The first-order valence-electron chi connectivity index (χ1n) is 6.86. The largest absolute Gasteiger partial charge is 0.396 e. The van der Waals surface area contributed by atoms with E-state index >= 15 is 0 Å². The van der Waals surface area contributed by atoms with Crippen molar-refractivity contribution in [3.63, 3.8) is 0 Å². The van der Waals surface area contributed by atoms with Crippen LogP contribution in [-0.4, -0.2) is 72.5 Å². The molecule has 106 valence electrons. The predicted octanol–water partition coefficient (Wildman–Crippen LogP) is 1.03. The Morgan fingerprint density at radius 3 is 1.29 bits per heavy atom. The molecule has 0 rings (SSSR count). The molecule has 0 saturated heterocycles. The third kappa shape index (κ3) is 13.8. The summed E-state index contributed by atoms with van der Waals surface area (Å²) in [5.74, 6) is 0. The summed E-state index contributed by atoms with van der Waals surface area (Å²) in [5.41, 5.74) is 0. The Hall–Kier alpha value is -0.160. The second-order valence-electron chi connectivity index (χ2n) is 3.85. The Labute approximate surface area is 107 Å². The minimum atomic E-state index is 0.279. The first-order valence-corrected chi connectivity index (χ1v) is 6.86. The van der Waals surface area contributed by atoms with Crippen LogP contribution in [0.15, 0.2) is 0 Å². The van der Waals surface area contributed by atoms with Crippen molar-refractivity contribution in [1.82, 2.24) is 9.80 Å². The monoisotopic (exact) mass is 248 g/mol. The SMILES string of the molecule is CCN(CC)CCCO.CCN(CC)CCO. The molecule has 0 aliphatic carbocycles. The van der Waals surface area contributed by atoms with E-state index in [0.29, 0.717) is 6.61 Å². The lowest BCUT2D eigenvalue weighted by Gasteiger charge is -2.16. The van der Waals surface area contributed by atoms with Crippen molar-refractivity contribution in [2.75, 3.05) is 52.5 Å². The molecule has 0 unspecified atom stereocenters. The van der Waals surface area contributed by atoms with Crippen molar-refractivity contribution >= 4 is 0 Å². The second kappa shape index (κ2) is 15.8. The van der Waals surface area contributed by atoms with Gasteiger partial charge in [-0.2, -0.15) is 0 Å². The van der Waals surface area contributed by atoms with E-state index in [1.807, 2.05) is 0 Å². The van der Waals surface area contributed by atoms with Gasteiger partial charge in [-0.05, 0) is 32.6 Å². The zero-order valence-corrected chi connectivity index (χ0v) is 12.2. The summed E-state index contributed by atoms with van der Waals surface area (Å²) in [6.07, 6.45) is 0.904. The maximum absolute atomic E-state index is 8.48. The van der Waals surface area contributed by atoms with Gasteiger partial charge >= 0.3 is 0 Å². The minimum Gasteiger partial charge on any atom is -0.396 e. The Kier molecular flexibility index (Phi) is 17.9. The van der Waals surface area contributed by atoms with Crippen LogP contribution in [0.5, 0.6) is 0 Å². The van der Waals surface area contributed by atoms with Crippen molar-refractivity contribution < 1.29 is 10.2 Å². The summed E-state index contributed by atoms with van der Waals surface area (Å²) in [7, 11) is 0. The molecule has 0 bridgehead atoms. The minimum absolute atomic E-state index is 0.279. The van der Waals surface area contributed by atoms with Crippen LogP contribution >= 0.6 is 0 Å². The Morgan fingerprint density at radius 1 is 0.647 bits per heavy atom. The molecule has 0 spiro atoms. The molecular weight excluding hydrogens is 216 g/mol. The summed E-state index contributed by atoms with van der Waals surface area (Å²) in [5, 5.41) is 16.9. The first kappa shape index (κ1) is 19.2. The molecule has 0 amide bonds. The summed E-state index contributed by atoms with van der Waals surface area (Å²) in [6, 6.07) is 0. The second-order valence-corrected chi connectivity index (χ2v) is 3.85. The molecular formula is C13H32N2O2. The summed E-state index contributed by atoms with van der Waals surface area (Å²) in [4.78, 5) is 4.48. The molecule has 0 heterocycles. The molecule has 4 nitrogen and oxygen atoms in total. The Bertz CT molecular complexity index is 127. The van der Waals surface area contributed by atoms with E-state index < -0.39 is 0 Å². The van der Waals surface area contributed by atoms with Gasteiger partial charge < -0.3 is 20.0 Å². The van der Waals surface area contributed by atoms with Gasteiger partial charge in [0, 0.05) is 19.7 Å². The van der Waals surface area contributed by atoms with E-state index in [0.717, 1.165) is 45.7 Å². The molecule has 0 aromatic rings. The molecule has 0 aliphatic heterocycles. The van der Waals surface area contributed by atoms with E-state index in [1.54, 1.807) is 0 Å². The summed E-state index contributed by atoms with van der Waals surface area (Å²) >= 11 is 0. The number of hydrogen-bond acceptors (Lipinski definition) is 4. The van der Waals surface area contributed by atoms with Gasteiger partial charge in [0.05, 0.1) is 6.61 Å². The van der Waals surface area contributed by atoms with Gasteiger partial charge in [0.25, 0.3) is 0 Å². The average molecular weight is 248 g/mol. The third-order valence-corrected chi connectivity index (χ3v) is 2.84. The summed E-state index contributed by atoms with van der Waals surface area (Å²) in [6.45, 7) is 15.2. The van der Waals surface area contributed by atoms with E-state index in [2.05, 4.69) is 37.5 Å². The predicted molar refractivity (Wildman–Crippen MR) is 74.4 cm³/mol. The van der Waals surface area contributed by atoms with Crippen LogP contribution < -0.4 is 0 Å². The van der Waals surface area contributed by atoms with Gasteiger partial charge in [0.1, 0.15) is 0 Å². The fourth-order valence-electron chi connectivity index (χ4n) is 1.52. The van der Waals surface area contributed by atoms with E-state index in [9.17, 15) is 0 Å². The van der Waals surface area contributed by atoms with E-state index in [4.69, 9.17) is 10.2 Å². The highest BCUT2D eigenvalue weighted by Crippen LogP contribution is 1.88. The van der Waals surface area contributed by atoms with E-state index in [1.165, 1.54) is 0 Å². The average Bonchev–Trinajstić information content (AvgIpc) is 2.38. The maximum Gasteiger partial charge on any atom is 0.0558 e. The molecule has 2 N–H and O–H groups in total. The highest BCUT2D eigenvalue weighted by molar-refractivity contribution is 4.50. The fourth-order valence-corrected chi connectivity index (χ4v) is 1.52. The Morgan fingerprint density at radius 2 is 1.06 bits per heavy atom. The van der Waals surface area contributed by atoms with Crippen LogP contribution in [0.1, 0.15) is 34.1 Å². The zero-order valence-electron chi connectivity index (χ0n) is 12.2. The third-order valence-electron chi connectivity index (χ3n) is 2.84. The van der Waals surface area contributed by atoms with Gasteiger partial charge in [-0.25, -0.2) is 0 Å². The molecule has 0 atom stereocenters. The number of likely N-dealkylation sites (N-methyl/N-ethyl adjacent to an activating group) is 1. The summed E-state index contributed by atoms with van der Waals surface area (Å²) < 4.78 is 0. The molecule has 0 aromatic carbocycles. The highest BCUT2D eigenvalue weighted by Gasteiger charge is 1.95. The number of nitrogens with zero attached hydrogens (tertiary/aromatic N) is 2. The van der Waals surface area contributed by atoms with Crippen molar-refractivity contribution in [2.24, 2.45) is 0 Å². The number of hydrogen-bond donors (Lipinski definition) is 2. The van der Waals surface area contributed by atoms with E-state index in [-0.39, 0.29) is 6.61 Å². The smallest absolute Gasteiger partial charge is 0.0558 e. The van der Waals surface area contributed by atoms with Crippen molar-refractivity contribution in [1.29, 1.82) is 0 Å². The lowest BCUT2D eigenvalue weighted by atomic mass is 10.4. The first-order chi connectivity index (χ1) is 8.19.